The van der Waals surface area contributed by atoms with Crippen LogP contribution in [0.25, 0.3) is 0 Å². The molecule has 0 saturated heterocycles. The van der Waals surface area contributed by atoms with Crippen molar-refractivity contribution in [3.63, 3.8) is 0 Å². The molecule has 4 heteroatoms. The second kappa shape index (κ2) is 6.68. The fourth-order valence-corrected chi connectivity index (χ4v) is 2.22. The van der Waals surface area contributed by atoms with Crippen LogP contribution in [-0.2, 0) is 16.0 Å². The molecule has 1 aromatic carbocycles. The quantitative estimate of drug-likeness (QED) is 0.803. The second-order valence-corrected chi connectivity index (χ2v) is 5.05. The van der Waals surface area contributed by atoms with Crippen molar-refractivity contribution < 1.29 is 9.53 Å². The van der Waals surface area contributed by atoms with Gasteiger partial charge in [-0.05, 0) is 24.8 Å². The number of nitrogens with two attached hydrogens (primary N) is 1. The molecule has 0 spiro atoms. The number of methoxy groups -OCH3 is 1. The van der Waals surface area contributed by atoms with E-state index in [0.29, 0.717) is 25.6 Å². The van der Waals surface area contributed by atoms with Crippen molar-refractivity contribution in [3.05, 3.63) is 35.9 Å². The van der Waals surface area contributed by atoms with Crippen LogP contribution >= 0.6 is 0 Å². The lowest BCUT2D eigenvalue weighted by atomic mass is 10.1. The molecule has 1 aromatic rings. The van der Waals surface area contributed by atoms with E-state index in [4.69, 9.17) is 10.5 Å². The highest BCUT2D eigenvalue weighted by Gasteiger charge is 2.34. The molecule has 0 heterocycles. The summed E-state index contributed by atoms with van der Waals surface area (Å²) in [5.74, 6) is 0.0448. The van der Waals surface area contributed by atoms with Gasteiger partial charge in [0.15, 0.2) is 0 Å². The standard InChI is InChI=1S/C15H22N2O2/c1-19-10-9-17(13-7-8-13)15(18)14(16)11-12-5-3-2-4-6-12/h2-6,13-14H,7-11,16H2,1H3. The minimum absolute atomic E-state index is 0.0448. The lowest BCUT2D eigenvalue weighted by Crippen LogP contribution is -2.47. The second-order valence-electron chi connectivity index (χ2n) is 5.05. The molecule has 104 valence electrons. The zero-order valence-electron chi connectivity index (χ0n) is 11.4. The third kappa shape index (κ3) is 4.04. The van der Waals surface area contributed by atoms with Crippen LogP contribution < -0.4 is 5.73 Å². The van der Waals surface area contributed by atoms with Crippen molar-refractivity contribution in [2.75, 3.05) is 20.3 Å². The van der Waals surface area contributed by atoms with Gasteiger partial charge in [0, 0.05) is 19.7 Å². The molecule has 0 aromatic heterocycles. The Hall–Kier alpha value is -1.39. The molecule has 0 aliphatic heterocycles. The number of amides is 1. The Morgan fingerprint density at radius 2 is 2.11 bits per heavy atom. The van der Waals surface area contributed by atoms with Gasteiger partial charge < -0.3 is 15.4 Å². The number of carbonyl (C=O) groups excluding carboxylic acids is 1. The van der Waals surface area contributed by atoms with E-state index < -0.39 is 6.04 Å². The summed E-state index contributed by atoms with van der Waals surface area (Å²) >= 11 is 0. The maximum atomic E-state index is 12.4. The lowest BCUT2D eigenvalue weighted by molar-refractivity contribution is -0.133. The van der Waals surface area contributed by atoms with Crippen LogP contribution in [0, 0.1) is 0 Å². The van der Waals surface area contributed by atoms with Crippen LogP contribution in [0.4, 0.5) is 0 Å². The molecule has 1 saturated carbocycles. The SMILES string of the molecule is COCCN(C(=O)C(N)Cc1ccccc1)C1CC1. The maximum Gasteiger partial charge on any atom is 0.240 e. The number of hydrogen-bond donors (Lipinski definition) is 1. The third-order valence-corrected chi connectivity index (χ3v) is 3.42. The van der Waals surface area contributed by atoms with Gasteiger partial charge in [-0.25, -0.2) is 0 Å². The highest BCUT2D eigenvalue weighted by molar-refractivity contribution is 5.82. The smallest absolute Gasteiger partial charge is 0.240 e. The van der Waals surface area contributed by atoms with E-state index in [1.54, 1.807) is 7.11 Å². The third-order valence-electron chi connectivity index (χ3n) is 3.42. The van der Waals surface area contributed by atoms with Gasteiger partial charge in [-0.15, -0.1) is 0 Å². The summed E-state index contributed by atoms with van der Waals surface area (Å²) in [4.78, 5) is 14.3. The Bertz CT molecular complexity index is 404. The van der Waals surface area contributed by atoms with Gasteiger partial charge in [0.2, 0.25) is 5.91 Å². The number of ether oxygens (including phenoxy) is 1. The molecule has 0 radical (unpaired) electrons. The molecule has 1 amide bonds. The van der Waals surface area contributed by atoms with Crippen LogP contribution in [0.3, 0.4) is 0 Å². The van der Waals surface area contributed by atoms with E-state index in [1.165, 1.54) is 0 Å². The fraction of sp³-hybridized carbons (Fsp3) is 0.533. The van der Waals surface area contributed by atoms with Crippen LogP contribution in [0.1, 0.15) is 18.4 Å². The van der Waals surface area contributed by atoms with Crippen LogP contribution in [-0.4, -0.2) is 43.2 Å². The highest BCUT2D eigenvalue weighted by Crippen LogP contribution is 2.27. The summed E-state index contributed by atoms with van der Waals surface area (Å²) in [6, 6.07) is 9.83. The fourth-order valence-electron chi connectivity index (χ4n) is 2.22. The van der Waals surface area contributed by atoms with Crippen LogP contribution in [0.2, 0.25) is 0 Å². The average molecular weight is 262 g/mol. The van der Waals surface area contributed by atoms with Gasteiger partial charge >= 0.3 is 0 Å². The summed E-state index contributed by atoms with van der Waals surface area (Å²) in [5, 5.41) is 0. The summed E-state index contributed by atoms with van der Waals surface area (Å²) in [5.41, 5.74) is 7.16. The topological polar surface area (TPSA) is 55.6 Å². The van der Waals surface area contributed by atoms with Crippen molar-refractivity contribution in [2.45, 2.75) is 31.3 Å². The first-order valence-corrected chi connectivity index (χ1v) is 6.81. The van der Waals surface area contributed by atoms with Crippen molar-refractivity contribution in [2.24, 2.45) is 5.73 Å². The molecular formula is C15H22N2O2. The number of rotatable bonds is 7. The van der Waals surface area contributed by atoms with Gasteiger partial charge in [-0.2, -0.15) is 0 Å². The van der Waals surface area contributed by atoms with E-state index in [1.807, 2.05) is 35.2 Å². The van der Waals surface area contributed by atoms with E-state index in [9.17, 15) is 4.79 Å². The van der Waals surface area contributed by atoms with Crippen molar-refractivity contribution in [1.82, 2.24) is 4.90 Å². The first-order valence-electron chi connectivity index (χ1n) is 6.81. The molecule has 2 N–H and O–H groups in total. The van der Waals surface area contributed by atoms with Gasteiger partial charge in [0.05, 0.1) is 12.6 Å². The Balaban J connectivity index is 1.92. The Kier molecular flexibility index (Phi) is 4.93. The average Bonchev–Trinajstić information content (AvgIpc) is 3.24. The molecule has 1 aliphatic rings. The Morgan fingerprint density at radius 3 is 2.68 bits per heavy atom. The summed E-state index contributed by atoms with van der Waals surface area (Å²) in [6.07, 6.45) is 2.77. The van der Waals surface area contributed by atoms with Crippen molar-refractivity contribution in [1.29, 1.82) is 0 Å². The minimum Gasteiger partial charge on any atom is -0.383 e. The number of nitrogens with zero attached hydrogens (tertiary/aromatic N) is 1. The number of carbonyl (C=O) groups is 1. The molecule has 0 bridgehead atoms. The summed E-state index contributed by atoms with van der Waals surface area (Å²) in [7, 11) is 1.65. The van der Waals surface area contributed by atoms with E-state index in [-0.39, 0.29) is 5.91 Å². The molecule has 1 unspecified atom stereocenters. The molecule has 1 aliphatic carbocycles. The van der Waals surface area contributed by atoms with Crippen LogP contribution in [0.15, 0.2) is 30.3 Å². The highest BCUT2D eigenvalue weighted by atomic mass is 16.5. The molecule has 19 heavy (non-hydrogen) atoms. The van der Waals surface area contributed by atoms with Crippen molar-refractivity contribution in [3.8, 4) is 0 Å². The molecule has 1 atom stereocenters. The lowest BCUT2D eigenvalue weighted by Gasteiger charge is -2.25. The first-order chi connectivity index (χ1) is 9.22. The predicted octanol–water partition coefficient (Wildman–Crippen LogP) is 1.19. The number of benzene rings is 1. The zero-order valence-corrected chi connectivity index (χ0v) is 11.4. The molecule has 2 rings (SSSR count). The van der Waals surface area contributed by atoms with Gasteiger partial charge in [0.1, 0.15) is 0 Å². The van der Waals surface area contributed by atoms with Crippen molar-refractivity contribution >= 4 is 5.91 Å². The van der Waals surface area contributed by atoms with Gasteiger partial charge in [0.25, 0.3) is 0 Å². The number of hydrogen-bond acceptors (Lipinski definition) is 3. The molecule has 1 fully saturated rings. The largest absolute Gasteiger partial charge is 0.383 e. The van der Waals surface area contributed by atoms with Gasteiger partial charge in [-0.1, -0.05) is 30.3 Å². The maximum absolute atomic E-state index is 12.4. The normalized spacial score (nSPS) is 16.1. The predicted molar refractivity (Wildman–Crippen MR) is 74.7 cm³/mol. The summed E-state index contributed by atoms with van der Waals surface area (Å²) < 4.78 is 5.06. The first kappa shape index (κ1) is 14.0. The Labute approximate surface area is 114 Å². The van der Waals surface area contributed by atoms with Crippen LogP contribution in [0.5, 0.6) is 0 Å². The zero-order chi connectivity index (χ0) is 13.7. The Morgan fingerprint density at radius 1 is 1.42 bits per heavy atom. The molecular weight excluding hydrogens is 240 g/mol. The van der Waals surface area contributed by atoms with E-state index in [2.05, 4.69) is 0 Å². The summed E-state index contributed by atoms with van der Waals surface area (Å²) in [6.45, 7) is 1.21. The molecule has 4 nitrogen and oxygen atoms in total. The minimum atomic E-state index is -0.458. The monoisotopic (exact) mass is 262 g/mol. The van der Waals surface area contributed by atoms with E-state index >= 15 is 0 Å². The van der Waals surface area contributed by atoms with Gasteiger partial charge in [-0.3, -0.25) is 4.79 Å². The van der Waals surface area contributed by atoms with E-state index in [0.717, 1.165) is 18.4 Å².